The van der Waals surface area contributed by atoms with Crippen molar-refractivity contribution in [2.45, 2.75) is 6.92 Å². The van der Waals surface area contributed by atoms with E-state index in [4.69, 9.17) is 27.7 Å². The first-order valence-electron chi connectivity index (χ1n) is 5.99. The van der Waals surface area contributed by atoms with Crippen molar-refractivity contribution in [2.75, 3.05) is 0 Å². The zero-order valence-corrected chi connectivity index (χ0v) is 12.1. The average molecular weight is 305 g/mol. The molecule has 2 aromatic carbocycles. The fraction of sp³-hybridized carbons (Fsp3) is 0.0667. The van der Waals surface area contributed by atoms with Gasteiger partial charge in [-0.05, 0) is 25.1 Å². The minimum atomic E-state index is 0.355. The number of hydrogen-bond acceptors (Lipinski definition) is 3. The Morgan fingerprint density at radius 3 is 2.50 bits per heavy atom. The van der Waals surface area contributed by atoms with Gasteiger partial charge in [0.2, 0.25) is 5.82 Å². The first kappa shape index (κ1) is 13.2. The molecule has 0 spiro atoms. The van der Waals surface area contributed by atoms with Gasteiger partial charge in [-0.3, -0.25) is 0 Å². The Morgan fingerprint density at radius 1 is 1.00 bits per heavy atom. The maximum Gasteiger partial charge on any atom is 0.259 e. The summed E-state index contributed by atoms with van der Waals surface area (Å²) in [5, 5.41) is 5.07. The first-order valence-corrected chi connectivity index (χ1v) is 6.75. The Balaban J connectivity index is 2.01. The van der Waals surface area contributed by atoms with E-state index in [1.165, 1.54) is 5.56 Å². The molecule has 0 N–H and O–H groups in total. The van der Waals surface area contributed by atoms with E-state index in [2.05, 4.69) is 10.1 Å². The minimum Gasteiger partial charge on any atom is -0.334 e. The second kappa shape index (κ2) is 5.27. The second-order valence-corrected chi connectivity index (χ2v) is 5.26. The predicted octanol–water partition coefficient (Wildman–Crippen LogP) is 5.02. The van der Waals surface area contributed by atoms with Crippen molar-refractivity contribution < 1.29 is 4.52 Å². The van der Waals surface area contributed by atoms with Gasteiger partial charge in [0.15, 0.2) is 0 Å². The monoisotopic (exact) mass is 304 g/mol. The molecule has 0 saturated carbocycles. The second-order valence-electron chi connectivity index (χ2n) is 4.41. The molecule has 0 atom stereocenters. The van der Waals surface area contributed by atoms with Gasteiger partial charge >= 0.3 is 0 Å². The summed E-state index contributed by atoms with van der Waals surface area (Å²) in [6.45, 7) is 2.02. The van der Waals surface area contributed by atoms with Crippen molar-refractivity contribution in [2.24, 2.45) is 0 Å². The zero-order valence-electron chi connectivity index (χ0n) is 10.6. The summed E-state index contributed by atoms with van der Waals surface area (Å²) in [4.78, 5) is 4.36. The highest BCUT2D eigenvalue weighted by molar-refractivity contribution is 6.35. The molecule has 1 aromatic heterocycles. The lowest BCUT2D eigenvalue weighted by Gasteiger charge is -1.98. The molecule has 0 fully saturated rings. The van der Waals surface area contributed by atoms with Gasteiger partial charge in [0.1, 0.15) is 0 Å². The maximum atomic E-state index is 6.12. The number of aromatic nitrogens is 2. The van der Waals surface area contributed by atoms with Gasteiger partial charge in [0.25, 0.3) is 5.89 Å². The van der Waals surface area contributed by atoms with E-state index >= 15 is 0 Å². The van der Waals surface area contributed by atoms with Crippen LogP contribution in [0.4, 0.5) is 0 Å². The highest BCUT2D eigenvalue weighted by Gasteiger charge is 2.13. The molecule has 0 radical (unpaired) electrons. The summed E-state index contributed by atoms with van der Waals surface area (Å²) >= 11 is 12.1. The number of nitrogens with zero attached hydrogens (tertiary/aromatic N) is 2. The lowest BCUT2D eigenvalue weighted by atomic mass is 10.1. The third-order valence-electron chi connectivity index (χ3n) is 2.89. The largest absolute Gasteiger partial charge is 0.334 e. The van der Waals surface area contributed by atoms with Crippen LogP contribution >= 0.6 is 23.2 Å². The van der Waals surface area contributed by atoms with Crippen LogP contribution in [-0.4, -0.2) is 10.1 Å². The van der Waals surface area contributed by atoms with E-state index in [-0.39, 0.29) is 0 Å². The van der Waals surface area contributed by atoms with E-state index in [1.54, 1.807) is 18.2 Å². The summed E-state index contributed by atoms with van der Waals surface area (Å²) in [5.41, 5.74) is 2.70. The topological polar surface area (TPSA) is 38.9 Å². The normalized spacial score (nSPS) is 10.8. The van der Waals surface area contributed by atoms with E-state index in [0.717, 1.165) is 5.56 Å². The van der Waals surface area contributed by atoms with E-state index in [0.29, 0.717) is 27.3 Å². The quantitative estimate of drug-likeness (QED) is 0.667. The summed E-state index contributed by atoms with van der Waals surface area (Å²) in [5.74, 6) is 0.879. The van der Waals surface area contributed by atoms with Gasteiger partial charge in [-0.15, -0.1) is 0 Å². The van der Waals surface area contributed by atoms with Crippen molar-refractivity contribution in [3.05, 3.63) is 58.1 Å². The predicted molar refractivity (Wildman–Crippen MR) is 79.9 cm³/mol. The SMILES string of the molecule is Cc1ccc(-c2noc(-c3cc(Cl)ccc3Cl)n2)cc1. The highest BCUT2D eigenvalue weighted by atomic mass is 35.5. The maximum absolute atomic E-state index is 6.12. The fourth-order valence-corrected chi connectivity index (χ4v) is 2.18. The molecule has 0 bridgehead atoms. The molecule has 100 valence electrons. The average Bonchev–Trinajstić information content (AvgIpc) is 2.92. The van der Waals surface area contributed by atoms with Crippen molar-refractivity contribution in [1.82, 2.24) is 10.1 Å². The van der Waals surface area contributed by atoms with Crippen molar-refractivity contribution in [3.63, 3.8) is 0 Å². The van der Waals surface area contributed by atoms with Crippen molar-refractivity contribution in [3.8, 4) is 22.8 Å². The number of aryl methyl sites for hydroxylation is 1. The van der Waals surface area contributed by atoms with Crippen molar-refractivity contribution >= 4 is 23.2 Å². The van der Waals surface area contributed by atoms with Crippen LogP contribution in [-0.2, 0) is 0 Å². The molecule has 3 rings (SSSR count). The Morgan fingerprint density at radius 2 is 1.75 bits per heavy atom. The van der Waals surface area contributed by atoms with Crippen molar-refractivity contribution in [1.29, 1.82) is 0 Å². The van der Waals surface area contributed by atoms with Gasteiger partial charge in [-0.1, -0.05) is 58.2 Å². The number of halogens is 2. The molecule has 3 aromatic rings. The highest BCUT2D eigenvalue weighted by Crippen LogP contribution is 2.30. The molecular formula is C15H10Cl2N2O. The van der Waals surface area contributed by atoms with Crippen LogP contribution in [0.1, 0.15) is 5.56 Å². The van der Waals surface area contributed by atoms with Gasteiger partial charge in [0.05, 0.1) is 10.6 Å². The Labute approximate surface area is 126 Å². The van der Waals surface area contributed by atoms with Crippen LogP contribution in [0.3, 0.4) is 0 Å². The third kappa shape index (κ3) is 2.55. The first-order chi connectivity index (χ1) is 9.63. The Kier molecular flexibility index (Phi) is 3.47. The van der Waals surface area contributed by atoms with Gasteiger partial charge in [0, 0.05) is 10.6 Å². The molecule has 0 aliphatic carbocycles. The van der Waals surface area contributed by atoms with Crippen LogP contribution in [0, 0.1) is 6.92 Å². The summed E-state index contributed by atoms with van der Waals surface area (Å²) in [6.07, 6.45) is 0. The lowest BCUT2D eigenvalue weighted by molar-refractivity contribution is 0.432. The standard InChI is InChI=1S/C15H10Cl2N2O/c1-9-2-4-10(5-3-9)14-18-15(20-19-14)12-8-11(16)6-7-13(12)17/h2-8H,1H3. The molecule has 0 unspecified atom stereocenters. The van der Waals surface area contributed by atoms with Crippen LogP contribution in [0.5, 0.6) is 0 Å². The van der Waals surface area contributed by atoms with E-state index < -0.39 is 0 Å². The fourth-order valence-electron chi connectivity index (χ4n) is 1.81. The van der Waals surface area contributed by atoms with Gasteiger partial charge in [-0.25, -0.2) is 0 Å². The zero-order chi connectivity index (χ0) is 14.1. The minimum absolute atomic E-state index is 0.355. The molecule has 1 heterocycles. The molecule has 0 aliphatic heterocycles. The summed E-state index contributed by atoms with van der Waals surface area (Å²) in [6, 6.07) is 13.0. The summed E-state index contributed by atoms with van der Waals surface area (Å²) < 4.78 is 5.27. The number of rotatable bonds is 2. The van der Waals surface area contributed by atoms with Gasteiger partial charge < -0.3 is 4.52 Å². The van der Waals surface area contributed by atoms with E-state index in [9.17, 15) is 0 Å². The van der Waals surface area contributed by atoms with Crippen LogP contribution in [0.25, 0.3) is 22.8 Å². The van der Waals surface area contributed by atoms with Crippen LogP contribution in [0.15, 0.2) is 47.0 Å². The molecule has 3 nitrogen and oxygen atoms in total. The van der Waals surface area contributed by atoms with Gasteiger partial charge in [-0.2, -0.15) is 4.98 Å². The molecule has 5 heteroatoms. The molecule has 20 heavy (non-hydrogen) atoms. The van der Waals surface area contributed by atoms with Crippen LogP contribution < -0.4 is 0 Å². The third-order valence-corrected chi connectivity index (χ3v) is 3.46. The number of benzene rings is 2. The Bertz CT molecular complexity index is 751. The molecular weight excluding hydrogens is 295 g/mol. The molecule has 0 saturated heterocycles. The molecule has 0 aliphatic rings. The summed E-state index contributed by atoms with van der Waals surface area (Å²) in [7, 11) is 0. The smallest absolute Gasteiger partial charge is 0.259 e. The van der Waals surface area contributed by atoms with Crippen LogP contribution in [0.2, 0.25) is 10.0 Å². The Hall–Kier alpha value is -1.84. The number of hydrogen-bond donors (Lipinski definition) is 0. The van der Waals surface area contributed by atoms with E-state index in [1.807, 2.05) is 31.2 Å². The lowest BCUT2D eigenvalue weighted by Crippen LogP contribution is -1.82. The molecule has 0 amide bonds.